The van der Waals surface area contributed by atoms with Crippen LogP contribution in [0.1, 0.15) is 5.69 Å². The van der Waals surface area contributed by atoms with Crippen molar-refractivity contribution in [2.45, 2.75) is 6.54 Å². The average Bonchev–Trinajstić information content (AvgIpc) is 2.75. The Bertz CT molecular complexity index is 1250. The molecule has 2 heterocycles. The van der Waals surface area contributed by atoms with E-state index in [0.717, 1.165) is 0 Å². The van der Waals surface area contributed by atoms with Crippen molar-refractivity contribution in [3.8, 4) is 0 Å². The fourth-order valence-electron chi connectivity index (χ4n) is 2.47. The second-order valence-corrected chi connectivity index (χ2v) is 7.85. The van der Waals surface area contributed by atoms with Crippen molar-refractivity contribution < 1.29 is 23.9 Å². The summed E-state index contributed by atoms with van der Waals surface area (Å²) in [5.74, 6) is 10.5. The van der Waals surface area contributed by atoms with E-state index in [9.17, 15) is 23.9 Å². The molecule has 16 nitrogen and oxygen atoms in total. The number of benzene rings is 1. The van der Waals surface area contributed by atoms with Crippen molar-refractivity contribution in [2.24, 2.45) is 23.2 Å². The van der Waals surface area contributed by atoms with Crippen LogP contribution in [0.5, 0.6) is 0 Å². The number of carbonyl (C=O) groups is 2. The van der Waals surface area contributed by atoms with Crippen molar-refractivity contribution in [2.75, 3.05) is 15.3 Å². The minimum atomic E-state index is -4.42. The first-order valence-electron chi connectivity index (χ1n) is 8.59. The molecule has 0 spiro atoms. The van der Waals surface area contributed by atoms with E-state index >= 15 is 0 Å². The van der Waals surface area contributed by atoms with Gasteiger partial charge in [0.05, 0.1) is 23.7 Å². The van der Waals surface area contributed by atoms with Crippen LogP contribution < -0.4 is 43.8 Å². The first kappa shape index (κ1) is 22.7. The number of hydrogen-bond donors (Lipinski definition) is 7. The Balaban J connectivity index is 1.97. The number of hydrazine groups is 2. The van der Waals surface area contributed by atoms with E-state index in [4.69, 9.17) is 23.2 Å². The summed E-state index contributed by atoms with van der Waals surface area (Å²) in [6, 6.07) is 3.51. The van der Waals surface area contributed by atoms with E-state index in [2.05, 4.69) is 25.3 Å². The Morgan fingerprint density at radius 1 is 1.06 bits per heavy atom. The van der Waals surface area contributed by atoms with E-state index < -0.39 is 25.6 Å². The first-order chi connectivity index (χ1) is 15.0. The highest BCUT2D eigenvalue weighted by atomic mass is 31.2. The maximum Gasteiger partial charge on any atom is 0.356 e. The van der Waals surface area contributed by atoms with E-state index in [-0.39, 0.29) is 28.8 Å². The molecule has 0 unspecified atom stereocenters. The van der Waals surface area contributed by atoms with E-state index in [0.29, 0.717) is 21.4 Å². The van der Waals surface area contributed by atoms with Gasteiger partial charge in [-0.1, -0.05) is 6.07 Å². The number of anilines is 3. The van der Waals surface area contributed by atoms with Gasteiger partial charge in [0.15, 0.2) is 17.0 Å². The van der Waals surface area contributed by atoms with Crippen LogP contribution >= 0.6 is 7.60 Å². The second kappa shape index (κ2) is 8.66. The standard InChI is InChI=1S/C15H18N11O5P/c16-13(27)25(18)12-10-11(23-15(24-12)26(19)14(17)28)21-6-8(22-10)5-20-7-2-1-3-9(4-7)32(29,30)31/h1-4,6,20H,5,18-19H2,(H2,16,27)(H2,17,28)(H2,29,30,31). The summed E-state index contributed by atoms with van der Waals surface area (Å²) in [6.45, 7) is 0.0696. The fraction of sp³-hybridized carbons (Fsp3) is 0.0667. The van der Waals surface area contributed by atoms with Crippen LogP contribution in [0, 0.1) is 0 Å². The van der Waals surface area contributed by atoms with Gasteiger partial charge in [-0.05, 0) is 18.2 Å². The van der Waals surface area contributed by atoms with Gasteiger partial charge in [-0.2, -0.15) is 15.0 Å². The summed E-state index contributed by atoms with van der Waals surface area (Å²) < 4.78 is 11.4. The molecular weight excluding hydrogens is 445 g/mol. The third-order valence-corrected chi connectivity index (χ3v) is 4.95. The zero-order valence-corrected chi connectivity index (χ0v) is 17.0. The van der Waals surface area contributed by atoms with Crippen molar-refractivity contribution in [3.05, 3.63) is 36.2 Å². The largest absolute Gasteiger partial charge is 0.379 e. The van der Waals surface area contributed by atoms with Crippen LogP contribution in [0.3, 0.4) is 0 Å². The number of amides is 4. The van der Waals surface area contributed by atoms with Gasteiger partial charge in [-0.3, -0.25) is 4.57 Å². The molecule has 0 aliphatic carbocycles. The highest BCUT2D eigenvalue weighted by molar-refractivity contribution is 7.60. The Kier molecular flexibility index (Phi) is 6.15. The summed E-state index contributed by atoms with van der Waals surface area (Å²) in [4.78, 5) is 57.8. The molecule has 11 N–H and O–H groups in total. The van der Waals surface area contributed by atoms with Crippen molar-refractivity contribution in [1.82, 2.24) is 19.9 Å². The SMILES string of the molecule is NC(=O)N(N)c1nc(N(N)C(N)=O)c2nc(CNc3cccc(P(=O)(O)O)c3)cnc2n1. The molecule has 17 heteroatoms. The highest BCUT2D eigenvalue weighted by Gasteiger charge is 2.22. The van der Waals surface area contributed by atoms with Crippen LogP contribution in [-0.2, 0) is 11.1 Å². The predicted octanol–water partition coefficient (Wildman–Crippen LogP) is -1.65. The van der Waals surface area contributed by atoms with Crippen molar-refractivity contribution in [3.63, 3.8) is 0 Å². The first-order valence-corrected chi connectivity index (χ1v) is 10.2. The Labute approximate surface area is 179 Å². The number of fused-ring (bicyclic) bond motifs is 1. The lowest BCUT2D eigenvalue weighted by Gasteiger charge is -2.18. The number of primary amides is 2. The summed E-state index contributed by atoms with van der Waals surface area (Å²) in [5.41, 5.74) is 11.0. The molecule has 32 heavy (non-hydrogen) atoms. The lowest BCUT2D eigenvalue weighted by Crippen LogP contribution is -2.45. The number of nitrogens with one attached hydrogen (secondary N) is 1. The molecule has 168 valence electrons. The van der Waals surface area contributed by atoms with Crippen LogP contribution in [0.25, 0.3) is 11.2 Å². The lowest BCUT2D eigenvalue weighted by atomic mass is 10.3. The Hall–Kier alpha value is -3.95. The van der Waals surface area contributed by atoms with Crippen LogP contribution in [0.2, 0.25) is 0 Å². The summed E-state index contributed by atoms with van der Waals surface area (Å²) in [5, 5.41) is 3.67. The molecule has 0 fully saturated rings. The van der Waals surface area contributed by atoms with Gasteiger partial charge in [0.1, 0.15) is 0 Å². The van der Waals surface area contributed by atoms with E-state index in [1.807, 2.05) is 0 Å². The molecule has 4 amide bonds. The quantitative estimate of drug-likeness (QED) is 0.0938. The van der Waals surface area contributed by atoms with Gasteiger partial charge in [0, 0.05) is 5.69 Å². The number of nitrogens with two attached hydrogens (primary N) is 4. The van der Waals surface area contributed by atoms with Crippen LogP contribution in [0.15, 0.2) is 30.5 Å². The molecule has 1 aromatic carbocycles. The number of rotatable bonds is 6. The van der Waals surface area contributed by atoms with Crippen LogP contribution in [0.4, 0.5) is 27.0 Å². The third-order valence-electron chi connectivity index (χ3n) is 4.00. The highest BCUT2D eigenvalue weighted by Crippen LogP contribution is 2.33. The zero-order chi connectivity index (χ0) is 23.6. The second-order valence-electron chi connectivity index (χ2n) is 6.25. The van der Waals surface area contributed by atoms with Crippen molar-refractivity contribution >= 4 is 53.6 Å². The molecular formula is C15H18N11O5P. The van der Waals surface area contributed by atoms with Gasteiger partial charge in [0.2, 0.25) is 0 Å². The zero-order valence-electron chi connectivity index (χ0n) is 16.2. The maximum absolute atomic E-state index is 11.6. The molecule has 3 rings (SSSR count). The number of carbonyl (C=O) groups excluding carboxylic acids is 2. The summed E-state index contributed by atoms with van der Waals surface area (Å²) >= 11 is 0. The third kappa shape index (κ3) is 4.85. The molecule has 0 aliphatic rings. The van der Waals surface area contributed by atoms with Gasteiger partial charge in [0.25, 0.3) is 5.95 Å². The van der Waals surface area contributed by atoms with Crippen LogP contribution in [-0.4, -0.2) is 41.8 Å². The number of urea groups is 2. The molecule has 3 aromatic rings. The van der Waals surface area contributed by atoms with Gasteiger partial charge in [-0.25, -0.2) is 36.3 Å². The van der Waals surface area contributed by atoms with Gasteiger partial charge < -0.3 is 26.6 Å². The molecule has 2 aromatic heterocycles. The van der Waals surface area contributed by atoms with E-state index in [1.54, 1.807) is 6.07 Å². The Morgan fingerprint density at radius 3 is 2.38 bits per heavy atom. The smallest absolute Gasteiger partial charge is 0.356 e. The fourth-order valence-corrected chi connectivity index (χ4v) is 3.06. The maximum atomic E-state index is 11.6. The summed E-state index contributed by atoms with van der Waals surface area (Å²) in [7, 11) is -4.42. The van der Waals surface area contributed by atoms with Crippen molar-refractivity contribution in [1.29, 1.82) is 0 Å². The van der Waals surface area contributed by atoms with Gasteiger partial charge in [-0.15, -0.1) is 0 Å². The predicted molar refractivity (Wildman–Crippen MR) is 113 cm³/mol. The molecule has 0 saturated heterocycles. The number of aromatic nitrogens is 4. The molecule has 0 saturated carbocycles. The topological polar surface area (TPSA) is 266 Å². The minimum Gasteiger partial charge on any atom is -0.379 e. The molecule has 0 aliphatic heterocycles. The summed E-state index contributed by atoms with van der Waals surface area (Å²) in [6.07, 6.45) is 1.33. The minimum absolute atomic E-state index is 0.0313. The average molecular weight is 463 g/mol. The normalized spacial score (nSPS) is 11.2. The molecule has 0 radical (unpaired) electrons. The molecule has 0 atom stereocenters. The monoisotopic (exact) mass is 463 g/mol. The number of hydrogen-bond acceptors (Lipinski definition) is 10. The van der Waals surface area contributed by atoms with Gasteiger partial charge >= 0.3 is 19.7 Å². The van der Waals surface area contributed by atoms with E-state index in [1.165, 1.54) is 24.4 Å². The Morgan fingerprint density at radius 2 is 1.75 bits per heavy atom. The lowest BCUT2D eigenvalue weighted by molar-refractivity contribution is 0.253. The number of nitrogens with zero attached hydrogens (tertiary/aromatic N) is 6. The molecule has 0 bridgehead atoms.